The predicted molar refractivity (Wildman–Crippen MR) is 100 cm³/mol. The van der Waals surface area contributed by atoms with Crippen molar-refractivity contribution in [2.75, 3.05) is 10.6 Å². The number of fused-ring (bicyclic) bond motifs is 1. The van der Waals surface area contributed by atoms with Crippen molar-refractivity contribution in [3.8, 4) is 0 Å². The van der Waals surface area contributed by atoms with Crippen molar-refractivity contribution in [1.29, 1.82) is 0 Å². The molecule has 0 aliphatic carbocycles. The van der Waals surface area contributed by atoms with Gasteiger partial charge in [0.05, 0.1) is 11.1 Å². The highest BCUT2D eigenvalue weighted by Crippen LogP contribution is 2.25. The topological polar surface area (TPSA) is 136 Å². The summed E-state index contributed by atoms with van der Waals surface area (Å²) in [6, 6.07) is 9.11. The average molecular weight is 368 g/mol. The second-order valence-electron chi connectivity index (χ2n) is 5.88. The number of nitrogens with one attached hydrogen (secondary N) is 2. The Morgan fingerprint density at radius 2 is 1.93 bits per heavy atom. The Bertz CT molecular complexity index is 1040. The van der Waals surface area contributed by atoms with Crippen molar-refractivity contribution in [2.24, 2.45) is 11.5 Å². The summed E-state index contributed by atoms with van der Waals surface area (Å²) in [5.74, 6) is -2.53. The fourth-order valence-corrected chi connectivity index (χ4v) is 2.44. The van der Waals surface area contributed by atoms with Gasteiger partial charge in [-0.1, -0.05) is 6.07 Å². The van der Waals surface area contributed by atoms with Gasteiger partial charge in [0.1, 0.15) is 11.9 Å². The molecule has 2 amide bonds. The van der Waals surface area contributed by atoms with Gasteiger partial charge in [-0.2, -0.15) is 0 Å². The lowest BCUT2D eigenvalue weighted by Gasteiger charge is -2.15. The highest BCUT2D eigenvalue weighted by molar-refractivity contribution is 5.99. The summed E-state index contributed by atoms with van der Waals surface area (Å²) in [6.45, 7) is 1.47. The minimum atomic E-state index is -0.856. The second kappa shape index (κ2) is 7.24. The summed E-state index contributed by atoms with van der Waals surface area (Å²) in [5, 5.41) is 6.39. The molecule has 0 spiro atoms. The zero-order chi connectivity index (χ0) is 19.6. The van der Waals surface area contributed by atoms with Gasteiger partial charge < -0.3 is 22.1 Å². The summed E-state index contributed by atoms with van der Waals surface area (Å²) < 4.78 is 14.2. The Balaban J connectivity index is 2.00. The summed E-state index contributed by atoms with van der Waals surface area (Å²) in [4.78, 5) is 31.2. The van der Waals surface area contributed by atoms with Crippen LogP contribution in [0.25, 0.3) is 10.9 Å². The number of aromatic nitrogens is 2. The number of nitrogens with zero attached hydrogens (tertiary/aromatic N) is 2. The maximum Gasteiger partial charge on any atom is 0.252 e. The minimum Gasteiger partial charge on any atom is -0.368 e. The first kappa shape index (κ1) is 18.1. The van der Waals surface area contributed by atoms with Gasteiger partial charge >= 0.3 is 0 Å². The molecule has 0 saturated carbocycles. The van der Waals surface area contributed by atoms with Crippen LogP contribution in [0.1, 0.15) is 17.3 Å². The first-order chi connectivity index (χ1) is 12.8. The molecule has 3 aromatic rings. The molecule has 3 rings (SSSR count). The average Bonchev–Trinajstić information content (AvgIpc) is 2.63. The summed E-state index contributed by atoms with van der Waals surface area (Å²) in [7, 11) is 0. The number of carbonyl (C=O) groups excluding carboxylic acids is 2. The number of rotatable bonds is 6. The Kier molecular flexibility index (Phi) is 4.84. The van der Waals surface area contributed by atoms with Crippen molar-refractivity contribution >= 4 is 40.0 Å². The van der Waals surface area contributed by atoms with E-state index in [4.69, 9.17) is 11.5 Å². The highest BCUT2D eigenvalue weighted by atomic mass is 19.1. The molecule has 9 heteroatoms. The third-order valence-corrected chi connectivity index (χ3v) is 3.89. The number of amides is 2. The number of hydrogen-bond acceptors (Lipinski definition) is 6. The van der Waals surface area contributed by atoms with Crippen LogP contribution in [0.2, 0.25) is 0 Å². The van der Waals surface area contributed by atoms with Crippen molar-refractivity contribution in [3.63, 3.8) is 0 Å². The molecule has 8 nitrogen and oxygen atoms in total. The van der Waals surface area contributed by atoms with Crippen LogP contribution < -0.4 is 22.1 Å². The summed E-state index contributed by atoms with van der Waals surface area (Å²) in [6.07, 6.45) is 1.68. The van der Waals surface area contributed by atoms with Crippen molar-refractivity contribution in [1.82, 2.24) is 9.97 Å². The SMILES string of the molecule is CC(Nc1nc(Nc2ccc3ncccc3c2)c(C(N)=O)cc1F)C(N)=O. The molecule has 0 aliphatic heterocycles. The Hall–Kier alpha value is -3.75. The van der Waals surface area contributed by atoms with E-state index in [2.05, 4.69) is 20.6 Å². The van der Waals surface area contributed by atoms with Gasteiger partial charge in [0.15, 0.2) is 11.6 Å². The van der Waals surface area contributed by atoms with Crippen LogP contribution >= 0.6 is 0 Å². The van der Waals surface area contributed by atoms with E-state index in [1.165, 1.54) is 6.92 Å². The van der Waals surface area contributed by atoms with Gasteiger partial charge in [0.2, 0.25) is 5.91 Å². The largest absolute Gasteiger partial charge is 0.368 e. The van der Waals surface area contributed by atoms with E-state index >= 15 is 0 Å². The van der Waals surface area contributed by atoms with Crippen molar-refractivity contribution in [3.05, 3.63) is 54.0 Å². The van der Waals surface area contributed by atoms with E-state index in [1.807, 2.05) is 6.07 Å². The van der Waals surface area contributed by atoms with E-state index in [9.17, 15) is 14.0 Å². The zero-order valence-corrected chi connectivity index (χ0v) is 14.4. The summed E-state index contributed by atoms with van der Waals surface area (Å²) in [5.41, 5.74) is 11.8. The van der Waals surface area contributed by atoms with Gasteiger partial charge in [-0.3, -0.25) is 14.6 Å². The van der Waals surface area contributed by atoms with E-state index in [0.717, 1.165) is 17.0 Å². The monoisotopic (exact) mass is 368 g/mol. The molecule has 2 heterocycles. The lowest BCUT2D eigenvalue weighted by molar-refractivity contribution is -0.118. The number of nitrogens with two attached hydrogens (primary N) is 2. The normalized spacial score (nSPS) is 11.8. The van der Waals surface area contributed by atoms with Gasteiger partial charge in [0.25, 0.3) is 5.91 Å². The number of benzene rings is 1. The van der Waals surface area contributed by atoms with Crippen LogP contribution in [0.5, 0.6) is 0 Å². The molecule has 1 atom stereocenters. The molecule has 27 heavy (non-hydrogen) atoms. The molecular weight excluding hydrogens is 351 g/mol. The number of halogens is 1. The van der Waals surface area contributed by atoms with E-state index < -0.39 is 23.7 Å². The molecule has 138 valence electrons. The first-order valence-electron chi connectivity index (χ1n) is 8.03. The maximum absolute atomic E-state index is 14.2. The van der Waals surface area contributed by atoms with Crippen molar-refractivity contribution < 1.29 is 14.0 Å². The predicted octanol–water partition coefficient (Wildman–Crippen LogP) is 1.90. The van der Waals surface area contributed by atoms with Gasteiger partial charge in [0, 0.05) is 17.3 Å². The number of pyridine rings is 2. The molecule has 0 fully saturated rings. The third kappa shape index (κ3) is 3.92. The molecule has 1 aromatic carbocycles. The van der Waals surface area contributed by atoms with Crippen LogP contribution in [-0.4, -0.2) is 27.8 Å². The smallest absolute Gasteiger partial charge is 0.252 e. The van der Waals surface area contributed by atoms with Crippen molar-refractivity contribution in [2.45, 2.75) is 13.0 Å². The molecule has 6 N–H and O–H groups in total. The lowest BCUT2D eigenvalue weighted by atomic mass is 10.2. The van der Waals surface area contributed by atoms with Crippen LogP contribution in [0.4, 0.5) is 21.7 Å². The maximum atomic E-state index is 14.2. The standard InChI is InChI=1S/C18H17FN6O2/c1-9(15(20)26)23-18-13(19)8-12(16(21)27)17(25-18)24-11-4-5-14-10(7-11)3-2-6-22-14/h2-9H,1H3,(H2,20,26)(H2,21,27)(H2,23,24,25). The number of primary amides is 2. The van der Waals surface area contributed by atoms with Gasteiger partial charge in [-0.05, 0) is 37.3 Å². The van der Waals surface area contributed by atoms with Crippen LogP contribution in [0.15, 0.2) is 42.6 Å². The highest BCUT2D eigenvalue weighted by Gasteiger charge is 2.18. The fourth-order valence-electron chi connectivity index (χ4n) is 2.44. The molecule has 2 aromatic heterocycles. The molecule has 0 radical (unpaired) electrons. The third-order valence-electron chi connectivity index (χ3n) is 3.89. The molecular formula is C18H17FN6O2. The quantitative estimate of drug-likeness (QED) is 0.525. The van der Waals surface area contributed by atoms with E-state index in [-0.39, 0.29) is 17.2 Å². The summed E-state index contributed by atoms with van der Waals surface area (Å²) >= 11 is 0. The van der Waals surface area contributed by atoms with E-state index in [0.29, 0.717) is 5.69 Å². The van der Waals surface area contributed by atoms with Crippen LogP contribution in [0, 0.1) is 5.82 Å². The number of anilines is 3. The Morgan fingerprint density at radius 1 is 1.15 bits per heavy atom. The molecule has 0 bridgehead atoms. The molecule has 1 unspecified atom stereocenters. The lowest BCUT2D eigenvalue weighted by Crippen LogP contribution is -2.33. The minimum absolute atomic E-state index is 0.0475. The first-order valence-corrected chi connectivity index (χ1v) is 8.03. The van der Waals surface area contributed by atoms with Crippen LogP contribution in [-0.2, 0) is 4.79 Å². The second-order valence-corrected chi connectivity index (χ2v) is 5.88. The fraction of sp³-hybridized carbons (Fsp3) is 0.111. The van der Waals surface area contributed by atoms with Crippen LogP contribution in [0.3, 0.4) is 0 Å². The Labute approximate surface area is 153 Å². The van der Waals surface area contributed by atoms with Gasteiger partial charge in [-0.25, -0.2) is 9.37 Å². The zero-order valence-electron chi connectivity index (χ0n) is 14.4. The Morgan fingerprint density at radius 3 is 2.63 bits per heavy atom. The number of hydrogen-bond donors (Lipinski definition) is 4. The molecule has 0 saturated heterocycles. The molecule has 0 aliphatic rings. The number of carbonyl (C=O) groups is 2. The van der Waals surface area contributed by atoms with E-state index in [1.54, 1.807) is 30.5 Å². The van der Waals surface area contributed by atoms with Gasteiger partial charge in [-0.15, -0.1) is 0 Å².